The summed E-state index contributed by atoms with van der Waals surface area (Å²) < 4.78 is 9.22. The van der Waals surface area contributed by atoms with Crippen LogP contribution in [-0.2, 0) is 4.74 Å². The van der Waals surface area contributed by atoms with Crippen LogP contribution in [0.15, 0.2) is 6.20 Å². The molecule has 0 aliphatic rings. The quantitative estimate of drug-likeness (QED) is 0.707. The third-order valence-electron chi connectivity index (χ3n) is 0.948. The third-order valence-corrected chi connectivity index (χ3v) is 1.65. The monoisotopic (exact) mass is 188 g/mol. The Hall–Kier alpha value is -1.30. The fourth-order valence-corrected chi connectivity index (χ4v) is 1.08. The van der Waals surface area contributed by atoms with Gasteiger partial charge < -0.3 is 15.2 Å². The van der Waals surface area contributed by atoms with Crippen LogP contribution in [0.1, 0.15) is 6.92 Å². The molecule has 0 aliphatic carbocycles. The molecule has 5 nitrogen and oxygen atoms in total. The second-order valence-corrected chi connectivity index (χ2v) is 2.83. The molecule has 66 valence electrons. The van der Waals surface area contributed by atoms with Crippen LogP contribution < -0.4 is 10.5 Å². The Labute approximate surface area is 73.1 Å². The molecule has 1 rings (SSSR count). The Morgan fingerprint density at radius 2 is 2.58 bits per heavy atom. The minimum atomic E-state index is -0.735. The van der Waals surface area contributed by atoms with E-state index >= 15 is 0 Å². The average molecular weight is 188 g/mol. The highest BCUT2D eigenvalue weighted by molar-refractivity contribution is 7.17. The van der Waals surface area contributed by atoms with E-state index in [1.54, 1.807) is 6.92 Å². The highest BCUT2D eigenvalue weighted by Gasteiger charge is 2.06. The molecule has 2 N–H and O–H groups in total. The number of thiazole rings is 1. The number of nitrogen functional groups attached to an aromatic ring is 1. The number of hydrogen-bond donors (Lipinski definition) is 1. The van der Waals surface area contributed by atoms with E-state index in [2.05, 4.69) is 9.72 Å². The molecule has 0 spiro atoms. The molecular formula is C6H8N2O3S. The van der Waals surface area contributed by atoms with Crippen molar-refractivity contribution in [2.75, 3.05) is 12.3 Å². The van der Waals surface area contributed by atoms with E-state index in [-0.39, 0.29) is 6.61 Å². The van der Waals surface area contributed by atoms with Gasteiger partial charge in [-0.2, -0.15) is 0 Å². The van der Waals surface area contributed by atoms with Crippen molar-refractivity contribution in [1.29, 1.82) is 0 Å². The van der Waals surface area contributed by atoms with E-state index in [0.717, 1.165) is 11.3 Å². The maximum atomic E-state index is 10.7. The van der Waals surface area contributed by atoms with Crippen molar-refractivity contribution >= 4 is 22.6 Å². The van der Waals surface area contributed by atoms with E-state index in [1.165, 1.54) is 6.20 Å². The molecular weight excluding hydrogens is 180 g/mol. The molecule has 0 bridgehead atoms. The van der Waals surface area contributed by atoms with Gasteiger partial charge in [0.05, 0.1) is 12.8 Å². The number of nitrogens with two attached hydrogens (primary N) is 1. The highest BCUT2D eigenvalue weighted by Crippen LogP contribution is 2.22. The van der Waals surface area contributed by atoms with Crippen LogP contribution in [-0.4, -0.2) is 17.7 Å². The summed E-state index contributed by atoms with van der Waals surface area (Å²) in [6.07, 6.45) is 0.637. The first-order valence-corrected chi connectivity index (χ1v) is 4.10. The molecule has 1 aromatic rings. The van der Waals surface area contributed by atoms with Crippen molar-refractivity contribution in [1.82, 2.24) is 4.98 Å². The fraction of sp³-hybridized carbons (Fsp3) is 0.333. The molecule has 1 heterocycles. The Bertz CT molecular complexity index is 274. The van der Waals surface area contributed by atoms with Gasteiger partial charge in [0.15, 0.2) is 5.13 Å². The second-order valence-electron chi connectivity index (χ2n) is 1.80. The smallest absolute Gasteiger partial charge is 0.434 e. The summed E-state index contributed by atoms with van der Waals surface area (Å²) >= 11 is 1.09. The molecule has 0 atom stereocenters. The maximum absolute atomic E-state index is 10.7. The van der Waals surface area contributed by atoms with Gasteiger partial charge in [-0.15, -0.1) is 0 Å². The number of ether oxygens (including phenoxy) is 2. The lowest BCUT2D eigenvalue weighted by molar-refractivity contribution is 0.105. The van der Waals surface area contributed by atoms with Crippen LogP contribution in [0, 0.1) is 0 Å². The second kappa shape index (κ2) is 3.91. The fourth-order valence-electron chi connectivity index (χ4n) is 0.549. The van der Waals surface area contributed by atoms with Crippen molar-refractivity contribution < 1.29 is 14.3 Å². The number of carbonyl (C=O) groups excluding carboxylic acids is 1. The summed E-state index contributed by atoms with van der Waals surface area (Å²) in [6.45, 7) is 1.98. The molecule has 0 unspecified atom stereocenters. The van der Waals surface area contributed by atoms with Crippen molar-refractivity contribution in [3.8, 4) is 5.06 Å². The third kappa shape index (κ3) is 2.39. The first-order valence-electron chi connectivity index (χ1n) is 3.28. The van der Waals surface area contributed by atoms with Crippen molar-refractivity contribution in [3.05, 3.63) is 6.20 Å². The Morgan fingerprint density at radius 1 is 1.83 bits per heavy atom. The zero-order chi connectivity index (χ0) is 8.97. The molecule has 0 saturated carbocycles. The first kappa shape index (κ1) is 8.79. The van der Waals surface area contributed by atoms with Crippen LogP contribution in [0.2, 0.25) is 0 Å². The lowest BCUT2D eigenvalue weighted by Crippen LogP contribution is -2.08. The topological polar surface area (TPSA) is 74.4 Å². The van der Waals surface area contributed by atoms with E-state index in [4.69, 9.17) is 10.5 Å². The predicted octanol–water partition coefficient (Wildman–Crippen LogP) is 1.26. The Morgan fingerprint density at radius 3 is 3.08 bits per heavy atom. The van der Waals surface area contributed by atoms with Crippen LogP contribution >= 0.6 is 11.3 Å². The minimum absolute atomic E-state index is 0.285. The normalized spacial score (nSPS) is 9.42. The first-order chi connectivity index (χ1) is 5.72. The number of nitrogens with zero attached hydrogens (tertiary/aromatic N) is 1. The summed E-state index contributed by atoms with van der Waals surface area (Å²) in [5, 5.41) is 0.695. The lowest BCUT2D eigenvalue weighted by atomic mass is 10.9. The highest BCUT2D eigenvalue weighted by atomic mass is 32.1. The number of carbonyl (C=O) groups is 1. The Balaban J connectivity index is 2.46. The van der Waals surface area contributed by atoms with Gasteiger partial charge in [0.1, 0.15) is 0 Å². The van der Waals surface area contributed by atoms with Gasteiger partial charge in [0.2, 0.25) is 5.06 Å². The molecule has 0 fully saturated rings. The number of anilines is 1. The van der Waals surface area contributed by atoms with Gasteiger partial charge in [-0.1, -0.05) is 11.3 Å². The predicted molar refractivity (Wildman–Crippen MR) is 44.2 cm³/mol. The van der Waals surface area contributed by atoms with Crippen LogP contribution in [0.4, 0.5) is 9.93 Å². The summed E-state index contributed by atoms with van der Waals surface area (Å²) in [6, 6.07) is 0. The van der Waals surface area contributed by atoms with E-state index < -0.39 is 6.16 Å². The largest absolute Gasteiger partial charge is 0.514 e. The van der Waals surface area contributed by atoms with E-state index in [1.807, 2.05) is 0 Å². The molecule has 0 aliphatic heterocycles. The van der Waals surface area contributed by atoms with Gasteiger partial charge in [-0.3, -0.25) is 0 Å². The average Bonchev–Trinajstić information content (AvgIpc) is 2.36. The standard InChI is InChI=1S/C6H8N2O3S/c1-2-10-6(9)11-4-3-8-5(7)12-4/h3H,2H2,1H3,(H2,7,8). The zero-order valence-corrected chi connectivity index (χ0v) is 7.26. The van der Waals surface area contributed by atoms with Crippen molar-refractivity contribution in [3.63, 3.8) is 0 Å². The minimum Gasteiger partial charge on any atom is -0.434 e. The van der Waals surface area contributed by atoms with Gasteiger partial charge in [0, 0.05) is 0 Å². The van der Waals surface area contributed by atoms with E-state index in [9.17, 15) is 4.79 Å². The van der Waals surface area contributed by atoms with Crippen LogP contribution in [0.5, 0.6) is 5.06 Å². The summed E-state index contributed by atoms with van der Waals surface area (Å²) in [5.41, 5.74) is 5.30. The van der Waals surface area contributed by atoms with Crippen LogP contribution in [0.25, 0.3) is 0 Å². The molecule has 1 aromatic heterocycles. The summed E-state index contributed by atoms with van der Waals surface area (Å²) in [7, 11) is 0. The van der Waals surface area contributed by atoms with Gasteiger partial charge in [-0.05, 0) is 6.92 Å². The molecule has 0 aromatic carbocycles. The van der Waals surface area contributed by atoms with Crippen LogP contribution in [0.3, 0.4) is 0 Å². The Kier molecular flexibility index (Phi) is 2.87. The molecule has 0 radical (unpaired) electrons. The SMILES string of the molecule is CCOC(=O)Oc1cnc(N)s1. The molecule has 6 heteroatoms. The van der Waals surface area contributed by atoms with E-state index in [0.29, 0.717) is 10.2 Å². The lowest BCUT2D eigenvalue weighted by Gasteiger charge is -1.98. The van der Waals surface area contributed by atoms with Gasteiger partial charge >= 0.3 is 6.16 Å². The number of aromatic nitrogens is 1. The van der Waals surface area contributed by atoms with Crippen molar-refractivity contribution in [2.24, 2.45) is 0 Å². The van der Waals surface area contributed by atoms with Gasteiger partial charge in [-0.25, -0.2) is 9.78 Å². The number of hydrogen-bond acceptors (Lipinski definition) is 6. The molecule has 12 heavy (non-hydrogen) atoms. The number of rotatable bonds is 2. The molecule has 0 amide bonds. The summed E-state index contributed by atoms with van der Waals surface area (Å²) in [5.74, 6) is 0. The maximum Gasteiger partial charge on any atom is 0.514 e. The molecule has 0 saturated heterocycles. The van der Waals surface area contributed by atoms with Gasteiger partial charge in [0.25, 0.3) is 0 Å². The van der Waals surface area contributed by atoms with Crippen molar-refractivity contribution in [2.45, 2.75) is 6.92 Å². The summed E-state index contributed by atoms with van der Waals surface area (Å²) in [4.78, 5) is 14.4. The zero-order valence-electron chi connectivity index (χ0n) is 6.44.